The molecule has 3 rings (SSSR count). The van der Waals surface area contributed by atoms with E-state index in [4.69, 9.17) is 11.6 Å². The molecule has 2 aliphatic rings. The van der Waals surface area contributed by atoms with Crippen molar-refractivity contribution in [3.8, 4) is 0 Å². The van der Waals surface area contributed by atoms with Crippen LogP contribution in [0.2, 0.25) is 5.02 Å². The van der Waals surface area contributed by atoms with Crippen LogP contribution in [-0.2, 0) is 9.59 Å². The molecule has 1 saturated carbocycles. The van der Waals surface area contributed by atoms with Crippen LogP contribution in [0.15, 0.2) is 24.3 Å². The van der Waals surface area contributed by atoms with E-state index in [1.807, 2.05) is 6.92 Å². The maximum absolute atomic E-state index is 12.9. The molecule has 1 heterocycles. The van der Waals surface area contributed by atoms with E-state index in [0.29, 0.717) is 23.2 Å². The molecule has 0 aromatic heterocycles. The number of benzene rings is 1. The quantitative estimate of drug-likeness (QED) is 0.890. The number of rotatable bonds is 4. The molecule has 2 amide bonds. The number of nitrogens with one attached hydrogen (secondary N) is 1. The fraction of sp³-hybridized carbons (Fsp3) is 0.579. The lowest BCUT2D eigenvalue weighted by molar-refractivity contribution is -0.141. The Morgan fingerprint density at radius 1 is 1.12 bits per heavy atom. The van der Waals surface area contributed by atoms with Crippen molar-refractivity contribution < 1.29 is 9.59 Å². The van der Waals surface area contributed by atoms with Crippen LogP contribution in [0.5, 0.6) is 0 Å². The first-order chi connectivity index (χ1) is 11.6. The van der Waals surface area contributed by atoms with Gasteiger partial charge in [-0.1, -0.05) is 31.4 Å². The minimum absolute atomic E-state index is 0.0245. The molecular formula is C19H25ClN2O2. The molecule has 1 saturated heterocycles. The van der Waals surface area contributed by atoms with E-state index in [1.165, 1.54) is 12.8 Å². The van der Waals surface area contributed by atoms with Crippen molar-refractivity contribution in [2.45, 2.75) is 51.5 Å². The largest absolute Gasteiger partial charge is 0.330 e. The number of nitrogens with zero attached hydrogens (tertiary/aromatic N) is 1. The van der Waals surface area contributed by atoms with Crippen molar-refractivity contribution in [1.29, 1.82) is 0 Å². The van der Waals surface area contributed by atoms with Crippen molar-refractivity contribution >= 4 is 29.1 Å². The van der Waals surface area contributed by atoms with Crippen molar-refractivity contribution in [2.24, 2.45) is 11.8 Å². The van der Waals surface area contributed by atoms with Gasteiger partial charge in [0.25, 0.3) is 0 Å². The fourth-order valence-corrected chi connectivity index (χ4v) is 4.11. The molecule has 1 aliphatic carbocycles. The van der Waals surface area contributed by atoms with Crippen LogP contribution in [0.4, 0.5) is 5.69 Å². The van der Waals surface area contributed by atoms with Gasteiger partial charge in [0, 0.05) is 23.2 Å². The number of hydrogen-bond acceptors (Lipinski definition) is 2. The average molecular weight is 349 g/mol. The number of amides is 2. The van der Waals surface area contributed by atoms with Gasteiger partial charge < -0.3 is 10.2 Å². The first-order valence-corrected chi connectivity index (χ1v) is 9.31. The van der Waals surface area contributed by atoms with E-state index in [9.17, 15) is 9.59 Å². The Morgan fingerprint density at radius 2 is 1.79 bits per heavy atom. The molecular weight excluding hydrogens is 324 g/mol. The second-order valence-electron chi connectivity index (χ2n) is 7.02. The lowest BCUT2D eigenvalue weighted by Gasteiger charge is -2.29. The Labute approximate surface area is 148 Å². The first kappa shape index (κ1) is 17.3. The zero-order valence-electron chi connectivity index (χ0n) is 14.1. The molecule has 1 aromatic rings. The summed E-state index contributed by atoms with van der Waals surface area (Å²) in [6, 6.07) is 6.70. The second-order valence-corrected chi connectivity index (χ2v) is 7.46. The monoisotopic (exact) mass is 348 g/mol. The van der Waals surface area contributed by atoms with Gasteiger partial charge in [-0.2, -0.15) is 0 Å². The zero-order valence-corrected chi connectivity index (χ0v) is 14.9. The summed E-state index contributed by atoms with van der Waals surface area (Å²) < 4.78 is 0. The average Bonchev–Trinajstić information content (AvgIpc) is 3.27. The van der Waals surface area contributed by atoms with E-state index in [0.717, 1.165) is 25.7 Å². The normalized spacial score (nSPS) is 22.6. The van der Waals surface area contributed by atoms with Crippen molar-refractivity contribution in [2.75, 3.05) is 11.9 Å². The lowest BCUT2D eigenvalue weighted by atomic mass is 9.91. The van der Waals surface area contributed by atoms with Crippen LogP contribution >= 0.6 is 11.6 Å². The Balaban J connectivity index is 1.64. The smallest absolute Gasteiger partial charge is 0.247 e. The Morgan fingerprint density at radius 3 is 2.46 bits per heavy atom. The summed E-state index contributed by atoms with van der Waals surface area (Å²) >= 11 is 5.87. The molecule has 1 aliphatic heterocycles. The number of likely N-dealkylation sites (tertiary alicyclic amines) is 1. The highest BCUT2D eigenvalue weighted by Crippen LogP contribution is 2.33. The summed E-state index contributed by atoms with van der Waals surface area (Å²) in [7, 11) is 0. The van der Waals surface area contributed by atoms with Crippen LogP contribution in [-0.4, -0.2) is 29.3 Å². The van der Waals surface area contributed by atoms with Gasteiger partial charge in [-0.15, -0.1) is 0 Å². The van der Waals surface area contributed by atoms with Crippen LogP contribution in [0.3, 0.4) is 0 Å². The van der Waals surface area contributed by atoms with E-state index in [1.54, 1.807) is 29.2 Å². The van der Waals surface area contributed by atoms with Gasteiger partial charge in [0.05, 0.1) is 0 Å². The van der Waals surface area contributed by atoms with Crippen LogP contribution in [0.25, 0.3) is 0 Å². The van der Waals surface area contributed by atoms with Gasteiger partial charge in [0.2, 0.25) is 11.8 Å². The summed E-state index contributed by atoms with van der Waals surface area (Å²) in [6.07, 6.45) is 6.36. The maximum atomic E-state index is 12.9. The lowest BCUT2D eigenvalue weighted by Crippen LogP contribution is -2.46. The van der Waals surface area contributed by atoms with Crippen molar-refractivity contribution in [1.82, 2.24) is 4.90 Å². The molecule has 2 fully saturated rings. The molecule has 0 spiro atoms. The minimum atomic E-state index is -0.350. The number of hydrogen-bond donors (Lipinski definition) is 1. The van der Waals surface area contributed by atoms with Gasteiger partial charge in [-0.05, 0) is 55.9 Å². The third kappa shape index (κ3) is 3.75. The molecule has 24 heavy (non-hydrogen) atoms. The molecule has 130 valence electrons. The van der Waals surface area contributed by atoms with E-state index in [2.05, 4.69) is 5.32 Å². The van der Waals surface area contributed by atoms with Crippen molar-refractivity contribution in [3.63, 3.8) is 0 Å². The third-order valence-corrected chi connectivity index (χ3v) is 5.70. The van der Waals surface area contributed by atoms with Gasteiger partial charge in [-0.25, -0.2) is 0 Å². The highest BCUT2D eigenvalue weighted by atomic mass is 35.5. The summed E-state index contributed by atoms with van der Waals surface area (Å²) in [5.41, 5.74) is 0.715. The van der Waals surface area contributed by atoms with Crippen LogP contribution in [0, 0.1) is 11.8 Å². The van der Waals surface area contributed by atoms with Gasteiger partial charge in [0.1, 0.15) is 6.04 Å². The topological polar surface area (TPSA) is 49.4 Å². The van der Waals surface area contributed by atoms with Gasteiger partial charge in [0.15, 0.2) is 0 Å². The summed E-state index contributed by atoms with van der Waals surface area (Å²) in [4.78, 5) is 27.3. The number of carbonyl (C=O) groups excluding carboxylic acids is 2. The van der Waals surface area contributed by atoms with E-state index < -0.39 is 0 Å². The summed E-state index contributed by atoms with van der Waals surface area (Å²) in [6.45, 7) is 2.72. The predicted octanol–water partition coefficient (Wildman–Crippen LogP) is 4.10. The molecule has 1 N–H and O–H groups in total. The number of carbonyl (C=O) groups is 2. The molecule has 0 radical (unpaired) electrons. The van der Waals surface area contributed by atoms with E-state index in [-0.39, 0.29) is 23.8 Å². The third-order valence-electron chi connectivity index (χ3n) is 5.45. The molecule has 1 unspecified atom stereocenters. The number of anilines is 1. The highest BCUT2D eigenvalue weighted by molar-refractivity contribution is 6.30. The van der Waals surface area contributed by atoms with E-state index >= 15 is 0 Å². The molecule has 4 nitrogen and oxygen atoms in total. The SMILES string of the molecule is CC(C(=O)N1CCC[C@@H]1C(=O)Nc1ccc(Cl)cc1)C1CCCC1. The molecule has 1 aromatic carbocycles. The Kier molecular flexibility index (Phi) is 5.44. The summed E-state index contributed by atoms with van der Waals surface area (Å²) in [5.74, 6) is 0.562. The minimum Gasteiger partial charge on any atom is -0.330 e. The molecule has 2 atom stereocenters. The highest BCUT2D eigenvalue weighted by Gasteiger charge is 2.38. The summed E-state index contributed by atoms with van der Waals surface area (Å²) in [5, 5.41) is 3.55. The Bertz CT molecular complexity index is 596. The molecule has 5 heteroatoms. The van der Waals surface area contributed by atoms with Gasteiger partial charge in [-0.3, -0.25) is 9.59 Å². The standard InChI is InChI=1S/C19H25ClN2O2/c1-13(14-5-2-3-6-14)19(24)22-12-4-7-17(22)18(23)21-16-10-8-15(20)9-11-16/h8-11,13-14,17H,2-7,12H2,1H3,(H,21,23)/t13?,17-/m1/s1. The number of halogens is 1. The predicted molar refractivity (Wildman–Crippen MR) is 95.9 cm³/mol. The second kappa shape index (κ2) is 7.56. The zero-order chi connectivity index (χ0) is 17.1. The maximum Gasteiger partial charge on any atom is 0.247 e. The Hall–Kier alpha value is -1.55. The first-order valence-electron chi connectivity index (χ1n) is 8.93. The van der Waals surface area contributed by atoms with Crippen molar-refractivity contribution in [3.05, 3.63) is 29.3 Å². The van der Waals surface area contributed by atoms with Gasteiger partial charge >= 0.3 is 0 Å². The van der Waals surface area contributed by atoms with Crippen LogP contribution in [0.1, 0.15) is 45.4 Å². The molecule has 0 bridgehead atoms. The fourth-order valence-electron chi connectivity index (χ4n) is 3.98. The van der Waals surface area contributed by atoms with Crippen LogP contribution < -0.4 is 5.32 Å².